The van der Waals surface area contributed by atoms with Gasteiger partial charge < -0.3 is 19.7 Å². The van der Waals surface area contributed by atoms with Crippen LogP contribution in [0.2, 0.25) is 0 Å². The molecule has 0 fully saturated rings. The van der Waals surface area contributed by atoms with Gasteiger partial charge in [-0.3, -0.25) is 0 Å². The third-order valence-corrected chi connectivity index (χ3v) is 1.11. The van der Waals surface area contributed by atoms with Gasteiger partial charge in [0, 0.05) is 0 Å². The van der Waals surface area contributed by atoms with Crippen LogP contribution in [0.1, 0.15) is 19.8 Å². The minimum absolute atomic E-state index is 0.271. The predicted octanol–water partition coefficient (Wildman–Crippen LogP) is 0.250. The molecule has 0 aromatic heterocycles. The van der Waals surface area contributed by atoms with E-state index in [1.54, 1.807) is 0 Å². The van der Waals surface area contributed by atoms with Crippen LogP contribution in [0.5, 0.6) is 0 Å². The largest absolute Gasteiger partial charge is 0.510 e. The van der Waals surface area contributed by atoms with Gasteiger partial charge in [-0.05, 0) is 6.42 Å². The number of ether oxygens (including phenoxy) is 2. The van der Waals surface area contributed by atoms with Crippen molar-refractivity contribution in [3.05, 3.63) is 0 Å². The fourth-order valence-electron chi connectivity index (χ4n) is 0.482. The quantitative estimate of drug-likeness (QED) is 0.358. The fourth-order valence-corrected chi connectivity index (χ4v) is 0.482. The number of aliphatic hydroxyl groups is 2. The number of carbonyl (C=O) groups is 1. The zero-order chi connectivity index (χ0) is 9.40. The highest BCUT2D eigenvalue weighted by molar-refractivity contribution is 5.59. The lowest BCUT2D eigenvalue weighted by molar-refractivity contribution is -0.104. The van der Waals surface area contributed by atoms with Crippen LogP contribution in [0, 0.1) is 0 Å². The van der Waals surface area contributed by atoms with Crippen LogP contribution in [0.3, 0.4) is 0 Å². The molecule has 0 aromatic rings. The molecule has 0 aliphatic rings. The standard InChI is InChI=1S/C7H14O5/c1-2-3-4-11-7(10)12-6(9)5-8/h6,8-9H,2-5H2,1H3. The molecule has 0 amide bonds. The van der Waals surface area contributed by atoms with Crippen molar-refractivity contribution in [2.75, 3.05) is 13.2 Å². The van der Waals surface area contributed by atoms with Gasteiger partial charge in [-0.2, -0.15) is 0 Å². The first-order valence-electron chi connectivity index (χ1n) is 3.83. The minimum atomic E-state index is -1.49. The maximum atomic E-state index is 10.6. The van der Waals surface area contributed by atoms with Crippen molar-refractivity contribution < 1.29 is 24.5 Å². The average Bonchev–Trinajstić information content (AvgIpc) is 2.05. The summed E-state index contributed by atoms with van der Waals surface area (Å²) in [4.78, 5) is 10.6. The number of rotatable bonds is 5. The van der Waals surface area contributed by atoms with Crippen molar-refractivity contribution >= 4 is 6.16 Å². The van der Waals surface area contributed by atoms with E-state index in [4.69, 9.17) is 10.2 Å². The second-order valence-corrected chi connectivity index (χ2v) is 2.21. The number of hydrogen-bond acceptors (Lipinski definition) is 5. The summed E-state index contributed by atoms with van der Waals surface area (Å²) in [6.45, 7) is 1.60. The predicted molar refractivity (Wildman–Crippen MR) is 40.4 cm³/mol. The van der Waals surface area contributed by atoms with Gasteiger partial charge in [0.1, 0.15) is 6.61 Å². The Morgan fingerprint density at radius 1 is 1.58 bits per heavy atom. The van der Waals surface area contributed by atoms with Crippen molar-refractivity contribution in [3.8, 4) is 0 Å². The fraction of sp³-hybridized carbons (Fsp3) is 0.857. The van der Waals surface area contributed by atoms with Crippen molar-refractivity contribution in [1.82, 2.24) is 0 Å². The lowest BCUT2D eigenvalue weighted by atomic mass is 10.4. The molecule has 5 heteroatoms. The molecule has 12 heavy (non-hydrogen) atoms. The Labute approximate surface area is 70.9 Å². The molecular weight excluding hydrogens is 164 g/mol. The number of unbranched alkanes of at least 4 members (excludes halogenated alkanes) is 1. The van der Waals surface area contributed by atoms with Crippen LogP contribution in [0.4, 0.5) is 4.79 Å². The van der Waals surface area contributed by atoms with Crippen LogP contribution in [0.25, 0.3) is 0 Å². The van der Waals surface area contributed by atoms with E-state index < -0.39 is 19.1 Å². The number of hydrogen-bond donors (Lipinski definition) is 2. The second kappa shape index (κ2) is 6.87. The highest BCUT2D eigenvalue weighted by Gasteiger charge is 2.09. The monoisotopic (exact) mass is 178 g/mol. The number of aliphatic hydroxyl groups excluding tert-OH is 2. The molecule has 72 valence electrons. The summed E-state index contributed by atoms with van der Waals surface area (Å²) in [5.74, 6) is 0. The van der Waals surface area contributed by atoms with Gasteiger partial charge in [-0.25, -0.2) is 4.79 Å². The molecule has 0 rings (SSSR count). The van der Waals surface area contributed by atoms with Gasteiger partial charge in [0.05, 0.1) is 6.61 Å². The molecule has 0 radical (unpaired) electrons. The summed E-state index contributed by atoms with van der Waals surface area (Å²) in [7, 11) is 0. The smallest absolute Gasteiger partial charge is 0.434 e. The van der Waals surface area contributed by atoms with Crippen molar-refractivity contribution in [2.45, 2.75) is 26.1 Å². The summed E-state index contributed by atoms with van der Waals surface area (Å²) in [5.41, 5.74) is 0. The first kappa shape index (κ1) is 11.2. The molecule has 1 unspecified atom stereocenters. The van der Waals surface area contributed by atoms with E-state index in [1.807, 2.05) is 6.92 Å². The SMILES string of the molecule is CCCCOC(=O)OC(O)CO. The van der Waals surface area contributed by atoms with E-state index in [2.05, 4.69) is 9.47 Å². The van der Waals surface area contributed by atoms with Crippen LogP contribution < -0.4 is 0 Å². The van der Waals surface area contributed by atoms with E-state index in [1.165, 1.54) is 0 Å². The summed E-state index contributed by atoms with van der Waals surface area (Å²) in [5, 5.41) is 16.9. The van der Waals surface area contributed by atoms with E-state index in [0.29, 0.717) is 0 Å². The van der Waals surface area contributed by atoms with Crippen molar-refractivity contribution in [2.24, 2.45) is 0 Å². The van der Waals surface area contributed by atoms with E-state index >= 15 is 0 Å². The molecule has 0 aliphatic heterocycles. The molecule has 0 heterocycles. The lowest BCUT2D eigenvalue weighted by Gasteiger charge is -2.08. The Morgan fingerprint density at radius 3 is 2.75 bits per heavy atom. The van der Waals surface area contributed by atoms with Gasteiger partial charge in [-0.15, -0.1) is 0 Å². The third-order valence-electron chi connectivity index (χ3n) is 1.11. The van der Waals surface area contributed by atoms with Gasteiger partial charge in [-0.1, -0.05) is 13.3 Å². The van der Waals surface area contributed by atoms with Gasteiger partial charge in [0.25, 0.3) is 0 Å². The van der Waals surface area contributed by atoms with Gasteiger partial charge >= 0.3 is 6.16 Å². The molecule has 0 aliphatic carbocycles. The highest BCUT2D eigenvalue weighted by atomic mass is 16.8. The molecule has 5 nitrogen and oxygen atoms in total. The Morgan fingerprint density at radius 2 is 2.25 bits per heavy atom. The van der Waals surface area contributed by atoms with Gasteiger partial charge in [0.15, 0.2) is 0 Å². The lowest BCUT2D eigenvalue weighted by Crippen LogP contribution is -2.22. The molecule has 0 spiro atoms. The number of carbonyl (C=O) groups excluding carboxylic acids is 1. The zero-order valence-electron chi connectivity index (χ0n) is 7.02. The Bertz CT molecular complexity index is 125. The summed E-state index contributed by atoms with van der Waals surface area (Å²) < 4.78 is 8.71. The molecule has 2 N–H and O–H groups in total. The van der Waals surface area contributed by atoms with E-state index in [0.717, 1.165) is 12.8 Å². The van der Waals surface area contributed by atoms with E-state index in [9.17, 15) is 4.79 Å². The van der Waals surface area contributed by atoms with Crippen LogP contribution >= 0.6 is 0 Å². The van der Waals surface area contributed by atoms with E-state index in [-0.39, 0.29) is 6.61 Å². The Kier molecular flexibility index (Phi) is 6.41. The molecule has 0 aromatic carbocycles. The maximum Gasteiger partial charge on any atom is 0.510 e. The summed E-state index contributed by atoms with van der Waals surface area (Å²) >= 11 is 0. The van der Waals surface area contributed by atoms with Gasteiger partial charge in [0.2, 0.25) is 6.29 Å². The first-order chi connectivity index (χ1) is 5.70. The normalized spacial score (nSPS) is 12.2. The Hall–Kier alpha value is -0.810. The minimum Gasteiger partial charge on any atom is -0.434 e. The summed E-state index contributed by atoms with van der Waals surface area (Å²) in [6, 6.07) is 0. The van der Waals surface area contributed by atoms with Crippen molar-refractivity contribution in [1.29, 1.82) is 0 Å². The Balaban J connectivity index is 3.33. The molecule has 1 atom stereocenters. The summed E-state index contributed by atoms with van der Waals surface area (Å²) in [6.07, 6.45) is -0.774. The van der Waals surface area contributed by atoms with Crippen LogP contribution in [-0.4, -0.2) is 35.9 Å². The molecule has 0 saturated carbocycles. The maximum absolute atomic E-state index is 10.6. The average molecular weight is 178 g/mol. The molecular formula is C7H14O5. The highest BCUT2D eigenvalue weighted by Crippen LogP contribution is 1.93. The third kappa shape index (κ3) is 5.94. The van der Waals surface area contributed by atoms with Crippen molar-refractivity contribution in [3.63, 3.8) is 0 Å². The molecule has 0 bridgehead atoms. The van der Waals surface area contributed by atoms with Crippen LogP contribution in [-0.2, 0) is 9.47 Å². The zero-order valence-corrected chi connectivity index (χ0v) is 7.02. The molecule has 0 saturated heterocycles. The second-order valence-electron chi connectivity index (χ2n) is 2.21. The topological polar surface area (TPSA) is 76.0 Å². The van der Waals surface area contributed by atoms with Crippen LogP contribution in [0.15, 0.2) is 0 Å². The first-order valence-corrected chi connectivity index (χ1v) is 3.83.